The van der Waals surface area contributed by atoms with Gasteiger partial charge >= 0.3 is 0 Å². The molecule has 0 saturated carbocycles. The van der Waals surface area contributed by atoms with E-state index >= 15 is 0 Å². The summed E-state index contributed by atoms with van der Waals surface area (Å²) in [5, 5.41) is 6.06. The Balaban J connectivity index is 1.45. The number of hydrogen-bond donors (Lipinski definition) is 0. The zero-order chi connectivity index (χ0) is 22.7. The third kappa shape index (κ3) is 7.08. The zero-order valence-corrected chi connectivity index (χ0v) is 22.1. The van der Waals surface area contributed by atoms with Crippen LogP contribution in [0.15, 0.2) is 121 Å². The van der Waals surface area contributed by atoms with Gasteiger partial charge in [-0.15, -0.1) is 7.92 Å². The molecule has 0 N–H and O–H groups in total. The van der Waals surface area contributed by atoms with Gasteiger partial charge in [-0.3, -0.25) is 0 Å². The molecule has 0 saturated heterocycles. The molecule has 0 fully saturated rings. The Morgan fingerprint density at radius 3 is 0.909 bits per heavy atom. The van der Waals surface area contributed by atoms with E-state index in [-0.39, 0.29) is 23.8 Å². The molecule has 0 nitrogen and oxygen atoms in total. The van der Waals surface area contributed by atoms with Crippen molar-refractivity contribution in [3.8, 4) is 0 Å². The van der Waals surface area contributed by atoms with E-state index in [0.29, 0.717) is 0 Å². The van der Waals surface area contributed by atoms with E-state index in [1.807, 2.05) is 0 Å². The molecule has 0 aromatic heterocycles. The minimum absolute atomic E-state index is 0.0475. The Hall–Kier alpha value is -1.83. The van der Waals surface area contributed by atoms with Crippen LogP contribution in [0.25, 0.3) is 0 Å². The SMILES string of the molecule is CCP(CCP(c1ccccc1)c1ccccc1)CCP(c1ccccc1)c1ccccc1. The van der Waals surface area contributed by atoms with E-state index in [4.69, 9.17) is 0 Å². The van der Waals surface area contributed by atoms with E-state index in [0.717, 1.165) is 0 Å². The fourth-order valence-electron chi connectivity index (χ4n) is 4.16. The van der Waals surface area contributed by atoms with Crippen LogP contribution in [-0.4, -0.2) is 30.8 Å². The highest BCUT2D eigenvalue weighted by Crippen LogP contribution is 2.45. The summed E-state index contributed by atoms with van der Waals surface area (Å²) in [6.07, 6.45) is 6.67. The first kappa shape index (κ1) is 24.3. The van der Waals surface area contributed by atoms with Crippen LogP contribution in [0.5, 0.6) is 0 Å². The zero-order valence-electron chi connectivity index (χ0n) is 19.4. The van der Waals surface area contributed by atoms with E-state index in [1.54, 1.807) is 0 Å². The van der Waals surface area contributed by atoms with Crippen molar-refractivity contribution < 1.29 is 0 Å². The molecule has 0 spiro atoms. The van der Waals surface area contributed by atoms with E-state index in [9.17, 15) is 0 Å². The van der Waals surface area contributed by atoms with Crippen molar-refractivity contribution in [2.24, 2.45) is 0 Å². The molecule has 3 heteroatoms. The molecule has 33 heavy (non-hydrogen) atoms. The fraction of sp³-hybridized carbons (Fsp3) is 0.200. The highest BCUT2D eigenvalue weighted by Gasteiger charge is 2.18. The molecule has 0 aliphatic carbocycles. The van der Waals surface area contributed by atoms with Crippen LogP contribution in [-0.2, 0) is 0 Å². The molecule has 4 aromatic carbocycles. The maximum absolute atomic E-state index is 2.41. The summed E-state index contributed by atoms with van der Waals surface area (Å²) in [4.78, 5) is 0. The van der Waals surface area contributed by atoms with Crippen molar-refractivity contribution in [2.75, 3.05) is 30.8 Å². The lowest BCUT2D eigenvalue weighted by molar-refractivity contribution is 1.36. The van der Waals surface area contributed by atoms with Gasteiger partial charge in [-0.2, -0.15) is 0 Å². The second-order valence-corrected chi connectivity index (χ2v) is 15.6. The van der Waals surface area contributed by atoms with Gasteiger partial charge in [-0.05, 0) is 67.9 Å². The first-order valence-corrected chi connectivity index (χ1v) is 16.8. The van der Waals surface area contributed by atoms with Crippen LogP contribution in [0.3, 0.4) is 0 Å². The van der Waals surface area contributed by atoms with Crippen molar-refractivity contribution in [2.45, 2.75) is 6.92 Å². The van der Waals surface area contributed by atoms with Gasteiger partial charge in [0.1, 0.15) is 0 Å². The number of rotatable bonds is 11. The highest BCUT2D eigenvalue weighted by molar-refractivity contribution is 7.75. The second kappa shape index (κ2) is 13.2. The van der Waals surface area contributed by atoms with Crippen molar-refractivity contribution in [1.29, 1.82) is 0 Å². The lowest BCUT2D eigenvalue weighted by Crippen LogP contribution is -2.17. The summed E-state index contributed by atoms with van der Waals surface area (Å²) in [7, 11) is -0.515. The molecule has 4 aromatic rings. The third-order valence-electron chi connectivity index (χ3n) is 6.00. The molecule has 168 valence electrons. The van der Waals surface area contributed by atoms with Gasteiger partial charge in [0, 0.05) is 0 Å². The molecule has 0 bridgehead atoms. The molecule has 0 radical (unpaired) electrons. The predicted octanol–water partition coefficient (Wildman–Crippen LogP) is 6.75. The second-order valence-electron chi connectivity index (χ2n) is 8.08. The smallest absolute Gasteiger partial charge is 0.0195 e. The van der Waals surface area contributed by atoms with Crippen LogP contribution in [0.1, 0.15) is 6.92 Å². The Labute approximate surface area is 203 Å². The molecular weight excluding hydrogens is 453 g/mol. The summed E-state index contributed by atoms with van der Waals surface area (Å²) in [6.45, 7) is 2.41. The largest absolute Gasteiger partial charge is 0.106 e. The van der Waals surface area contributed by atoms with E-state index in [1.165, 1.54) is 52.0 Å². The average Bonchev–Trinajstić information content (AvgIpc) is 2.90. The standard InChI is InChI=1S/C30H33P3/c1-2-31(23-25-32(27-15-7-3-8-16-27)28-17-9-4-10-18-28)24-26-33(29-19-11-5-12-20-29)30-21-13-6-14-22-30/h3-22H,2,23-26H2,1H3. The predicted molar refractivity (Wildman–Crippen MR) is 155 cm³/mol. The summed E-state index contributed by atoms with van der Waals surface area (Å²) >= 11 is 0. The van der Waals surface area contributed by atoms with Gasteiger partial charge in [0.25, 0.3) is 0 Å². The Morgan fingerprint density at radius 2 is 0.667 bits per heavy atom. The van der Waals surface area contributed by atoms with E-state index < -0.39 is 0 Å². The van der Waals surface area contributed by atoms with Crippen molar-refractivity contribution in [3.05, 3.63) is 121 Å². The maximum Gasteiger partial charge on any atom is -0.0195 e. The lowest BCUT2D eigenvalue weighted by Gasteiger charge is -2.25. The van der Waals surface area contributed by atoms with Crippen LogP contribution >= 0.6 is 23.8 Å². The molecule has 0 heterocycles. The van der Waals surface area contributed by atoms with Crippen LogP contribution < -0.4 is 21.2 Å². The fourth-order valence-corrected chi connectivity index (χ4v) is 12.6. The normalized spacial score (nSPS) is 11.4. The first-order chi connectivity index (χ1) is 16.3. The Bertz CT molecular complexity index is 887. The molecule has 0 aliphatic rings. The Morgan fingerprint density at radius 1 is 0.394 bits per heavy atom. The average molecular weight is 487 g/mol. The van der Waals surface area contributed by atoms with Gasteiger partial charge in [-0.1, -0.05) is 128 Å². The highest BCUT2D eigenvalue weighted by atomic mass is 31.1. The van der Waals surface area contributed by atoms with Crippen molar-refractivity contribution in [1.82, 2.24) is 0 Å². The topological polar surface area (TPSA) is 0 Å². The van der Waals surface area contributed by atoms with Crippen LogP contribution in [0.4, 0.5) is 0 Å². The van der Waals surface area contributed by atoms with Gasteiger partial charge in [-0.25, -0.2) is 0 Å². The maximum atomic E-state index is 2.41. The van der Waals surface area contributed by atoms with Crippen molar-refractivity contribution in [3.63, 3.8) is 0 Å². The van der Waals surface area contributed by atoms with Crippen LogP contribution in [0, 0.1) is 0 Å². The van der Waals surface area contributed by atoms with Gasteiger partial charge < -0.3 is 0 Å². The molecule has 0 amide bonds. The third-order valence-corrected chi connectivity index (χ3v) is 14.3. The minimum atomic E-state index is -0.281. The molecule has 0 atom stereocenters. The van der Waals surface area contributed by atoms with E-state index in [2.05, 4.69) is 128 Å². The molecule has 4 rings (SSSR count). The first-order valence-electron chi connectivity index (χ1n) is 11.8. The summed E-state index contributed by atoms with van der Waals surface area (Å²) in [6, 6.07) is 44.8. The molecule has 0 unspecified atom stereocenters. The Kier molecular flexibility index (Phi) is 9.69. The summed E-state index contributed by atoms with van der Waals surface area (Å²) in [5.74, 6) is 0. The lowest BCUT2D eigenvalue weighted by atomic mass is 10.4. The molecular formula is C30H33P3. The van der Waals surface area contributed by atoms with Gasteiger partial charge in [0.15, 0.2) is 0 Å². The minimum Gasteiger partial charge on any atom is -0.106 e. The number of benzene rings is 4. The quantitative estimate of drug-likeness (QED) is 0.206. The number of hydrogen-bond acceptors (Lipinski definition) is 0. The molecule has 0 aliphatic heterocycles. The van der Waals surface area contributed by atoms with Gasteiger partial charge in [0.2, 0.25) is 0 Å². The van der Waals surface area contributed by atoms with Crippen LogP contribution in [0.2, 0.25) is 0 Å². The summed E-state index contributed by atoms with van der Waals surface area (Å²) in [5.41, 5.74) is 0. The summed E-state index contributed by atoms with van der Waals surface area (Å²) < 4.78 is 0. The van der Waals surface area contributed by atoms with Crippen molar-refractivity contribution >= 4 is 45.0 Å². The van der Waals surface area contributed by atoms with Gasteiger partial charge in [0.05, 0.1) is 0 Å². The monoisotopic (exact) mass is 486 g/mol.